The number of halogens is 2. The summed E-state index contributed by atoms with van der Waals surface area (Å²) in [6.07, 6.45) is -1.51. The second kappa shape index (κ2) is 9.04. The first-order valence-electron chi connectivity index (χ1n) is 9.14. The molecule has 2 N–H and O–H groups in total. The molecule has 6 heteroatoms. The Kier molecular flexibility index (Phi) is 7.25. The molecule has 0 aliphatic heterocycles. The number of hydrogen-bond acceptors (Lipinski definition) is 4. The van der Waals surface area contributed by atoms with E-state index in [-0.39, 0.29) is 6.42 Å². The first-order valence-corrected chi connectivity index (χ1v) is 10.0. The van der Waals surface area contributed by atoms with Gasteiger partial charge in [-0.3, -0.25) is 4.79 Å². The molecule has 2 atom stereocenters. The van der Waals surface area contributed by atoms with E-state index in [1.54, 1.807) is 18.3 Å². The number of hydrogen-bond donors (Lipinski definition) is 2. The molecule has 0 aliphatic carbocycles. The van der Waals surface area contributed by atoms with Gasteiger partial charge in [-0.2, -0.15) is 0 Å². The quantitative estimate of drug-likeness (QED) is 0.574. The largest absolute Gasteiger partial charge is 0.382 e. The first kappa shape index (κ1) is 21.7. The van der Waals surface area contributed by atoms with Crippen molar-refractivity contribution < 1.29 is 18.7 Å². The number of rotatable bonds is 10. The van der Waals surface area contributed by atoms with Crippen LogP contribution in [0.1, 0.15) is 39.2 Å². The standard InChI is InChI=1S/C21H27F2NO2S/c1-4-18(25)20(2,21(3,26)19(22)23)24-13-5-7-15-9-11-16(12-10-15)17-8-6-14-27-17/h6,8-12,14,19,24,26H,4-5,7,13H2,1-3H3. The number of benzene rings is 1. The van der Waals surface area contributed by atoms with Crippen LogP contribution < -0.4 is 5.32 Å². The van der Waals surface area contributed by atoms with Crippen LogP contribution in [0.3, 0.4) is 0 Å². The molecule has 0 amide bonds. The Morgan fingerprint density at radius 2 is 1.89 bits per heavy atom. The summed E-state index contributed by atoms with van der Waals surface area (Å²) in [4.78, 5) is 13.5. The van der Waals surface area contributed by atoms with Gasteiger partial charge >= 0.3 is 0 Å². The summed E-state index contributed by atoms with van der Waals surface area (Å²) in [6, 6.07) is 12.3. The molecule has 3 nitrogen and oxygen atoms in total. The molecule has 0 bridgehead atoms. The van der Waals surface area contributed by atoms with Gasteiger partial charge in [0.05, 0.1) is 0 Å². The monoisotopic (exact) mass is 395 g/mol. The summed E-state index contributed by atoms with van der Waals surface area (Å²) < 4.78 is 26.6. The summed E-state index contributed by atoms with van der Waals surface area (Å²) in [5.74, 6) is -0.423. The number of thiophene rings is 1. The molecule has 148 valence electrons. The lowest BCUT2D eigenvalue weighted by atomic mass is 9.78. The Morgan fingerprint density at radius 1 is 1.22 bits per heavy atom. The van der Waals surface area contributed by atoms with Gasteiger partial charge in [-0.25, -0.2) is 8.78 Å². The van der Waals surface area contributed by atoms with E-state index in [9.17, 15) is 18.7 Å². The van der Waals surface area contributed by atoms with E-state index in [1.165, 1.54) is 17.4 Å². The number of nitrogens with one attached hydrogen (secondary N) is 1. The molecule has 1 heterocycles. The lowest BCUT2D eigenvalue weighted by Gasteiger charge is -2.41. The fourth-order valence-electron chi connectivity index (χ4n) is 3.04. The van der Waals surface area contributed by atoms with Crippen molar-refractivity contribution in [2.24, 2.45) is 0 Å². The molecule has 0 spiro atoms. The Hall–Kier alpha value is -1.63. The van der Waals surface area contributed by atoms with E-state index in [1.807, 2.05) is 11.4 Å². The molecule has 0 radical (unpaired) electrons. The third kappa shape index (κ3) is 4.81. The Labute approximate surface area is 163 Å². The Bertz CT molecular complexity index is 729. The van der Waals surface area contributed by atoms with Gasteiger partial charge in [0.1, 0.15) is 11.1 Å². The predicted molar refractivity (Wildman–Crippen MR) is 106 cm³/mol. The van der Waals surface area contributed by atoms with Gasteiger partial charge < -0.3 is 10.4 Å². The molecular formula is C21H27F2NO2S. The lowest BCUT2D eigenvalue weighted by molar-refractivity contribution is -0.158. The van der Waals surface area contributed by atoms with Crippen LogP contribution in [0.4, 0.5) is 8.78 Å². The zero-order chi connectivity index (χ0) is 20.1. The van der Waals surface area contributed by atoms with Crippen molar-refractivity contribution in [3.63, 3.8) is 0 Å². The second-order valence-electron chi connectivity index (χ2n) is 7.05. The van der Waals surface area contributed by atoms with E-state index in [2.05, 4.69) is 35.6 Å². The zero-order valence-electron chi connectivity index (χ0n) is 16.0. The van der Waals surface area contributed by atoms with Crippen molar-refractivity contribution in [2.75, 3.05) is 6.54 Å². The van der Waals surface area contributed by atoms with Crippen molar-refractivity contribution >= 4 is 17.1 Å². The van der Waals surface area contributed by atoms with Crippen LogP contribution in [-0.4, -0.2) is 35.0 Å². The van der Waals surface area contributed by atoms with Crippen molar-refractivity contribution in [3.05, 3.63) is 47.3 Å². The van der Waals surface area contributed by atoms with Crippen LogP contribution in [0.25, 0.3) is 10.4 Å². The van der Waals surface area contributed by atoms with E-state index in [0.29, 0.717) is 13.0 Å². The molecule has 1 aromatic carbocycles. The highest BCUT2D eigenvalue weighted by molar-refractivity contribution is 7.13. The van der Waals surface area contributed by atoms with Gasteiger partial charge in [0, 0.05) is 11.3 Å². The highest BCUT2D eigenvalue weighted by Crippen LogP contribution is 2.30. The van der Waals surface area contributed by atoms with E-state index < -0.39 is 23.3 Å². The number of aliphatic hydroxyl groups is 1. The maximum atomic E-state index is 13.3. The minimum absolute atomic E-state index is 0.0799. The predicted octanol–water partition coefficient (Wildman–Crippen LogP) is 4.69. The van der Waals surface area contributed by atoms with Crippen molar-refractivity contribution in [3.8, 4) is 10.4 Å². The summed E-state index contributed by atoms with van der Waals surface area (Å²) in [7, 11) is 0. The van der Waals surface area contributed by atoms with Crippen LogP contribution in [0, 0.1) is 0 Å². The average molecular weight is 396 g/mol. The molecule has 0 fully saturated rings. The molecule has 1 aromatic heterocycles. The van der Waals surface area contributed by atoms with Gasteiger partial charge in [-0.1, -0.05) is 37.3 Å². The second-order valence-corrected chi connectivity index (χ2v) is 8.00. The fraction of sp³-hybridized carbons (Fsp3) is 0.476. The van der Waals surface area contributed by atoms with Crippen molar-refractivity contribution in [1.82, 2.24) is 5.32 Å². The first-order chi connectivity index (χ1) is 12.7. The summed E-state index contributed by atoms with van der Waals surface area (Å²) in [5.41, 5.74) is -1.80. The molecule has 0 aliphatic rings. The molecule has 0 saturated heterocycles. The molecule has 2 unspecified atom stereocenters. The number of ketones is 1. The summed E-state index contributed by atoms with van der Waals surface area (Å²) in [5, 5.41) is 15.2. The number of carbonyl (C=O) groups is 1. The SMILES string of the molecule is CCC(=O)C(C)(NCCCc1ccc(-c2cccs2)cc1)C(C)(O)C(F)F. The third-order valence-corrected chi connectivity index (χ3v) is 6.12. The highest BCUT2D eigenvalue weighted by atomic mass is 32.1. The number of Topliss-reactive ketones (excluding diaryl/α,β-unsaturated/α-hetero) is 1. The maximum Gasteiger partial charge on any atom is 0.268 e. The number of alkyl halides is 2. The number of carbonyl (C=O) groups excluding carboxylic acids is 1. The number of aryl methyl sites for hydroxylation is 1. The maximum absolute atomic E-state index is 13.3. The van der Waals surface area contributed by atoms with Gasteiger partial charge in [-0.15, -0.1) is 11.3 Å². The topological polar surface area (TPSA) is 49.3 Å². The van der Waals surface area contributed by atoms with Gasteiger partial charge in [0.2, 0.25) is 0 Å². The molecular weight excluding hydrogens is 368 g/mol. The molecule has 27 heavy (non-hydrogen) atoms. The summed E-state index contributed by atoms with van der Waals surface area (Å²) >= 11 is 1.69. The van der Waals surface area contributed by atoms with Crippen molar-refractivity contribution in [1.29, 1.82) is 0 Å². The fourth-order valence-corrected chi connectivity index (χ4v) is 3.77. The molecule has 2 aromatic rings. The van der Waals surface area contributed by atoms with E-state index in [4.69, 9.17) is 0 Å². The van der Waals surface area contributed by atoms with Crippen LogP contribution >= 0.6 is 11.3 Å². The minimum atomic E-state index is -3.02. The van der Waals surface area contributed by atoms with Gasteiger partial charge in [0.25, 0.3) is 6.43 Å². The Balaban J connectivity index is 1.94. The van der Waals surface area contributed by atoms with Crippen molar-refractivity contribution in [2.45, 2.75) is 57.6 Å². The van der Waals surface area contributed by atoms with E-state index >= 15 is 0 Å². The average Bonchev–Trinajstić information content (AvgIpc) is 3.19. The molecule has 2 rings (SSSR count). The zero-order valence-corrected chi connectivity index (χ0v) is 16.8. The van der Waals surface area contributed by atoms with Crippen LogP contribution in [0.5, 0.6) is 0 Å². The normalized spacial score (nSPS) is 16.1. The van der Waals surface area contributed by atoms with Crippen LogP contribution in [-0.2, 0) is 11.2 Å². The minimum Gasteiger partial charge on any atom is -0.382 e. The van der Waals surface area contributed by atoms with Gasteiger partial charge in [-0.05, 0) is 55.8 Å². The van der Waals surface area contributed by atoms with Crippen LogP contribution in [0.2, 0.25) is 0 Å². The highest BCUT2D eigenvalue weighted by Gasteiger charge is 2.53. The van der Waals surface area contributed by atoms with Gasteiger partial charge in [0.15, 0.2) is 5.78 Å². The smallest absolute Gasteiger partial charge is 0.268 e. The van der Waals surface area contributed by atoms with E-state index in [0.717, 1.165) is 18.9 Å². The molecule has 0 saturated carbocycles. The summed E-state index contributed by atoms with van der Waals surface area (Å²) in [6.45, 7) is 4.35. The third-order valence-electron chi connectivity index (χ3n) is 5.20. The van der Waals surface area contributed by atoms with Crippen LogP contribution in [0.15, 0.2) is 41.8 Å². The lowest BCUT2D eigenvalue weighted by Crippen LogP contribution is -2.67. The Morgan fingerprint density at radius 3 is 2.41 bits per heavy atom.